The van der Waals surface area contributed by atoms with Crippen molar-refractivity contribution in [3.8, 4) is 0 Å². The molecular weight excluding hydrogens is 412 g/mol. The number of carbonyl (C=O) groups excluding carboxylic acids is 1. The quantitative estimate of drug-likeness (QED) is 0.495. The maximum atomic E-state index is 12.5. The zero-order valence-corrected chi connectivity index (χ0v) is 18.1. The van der Waals surface area contributed by atoms with Crippen LogP contribution in [0.2, 0.25) is 0 Å². The fourth-order valence-corrected chi connectivity index (χ4v) is 4.10. The normalized spacial score (nSPS) is 18.6. The number of amides is 1. The largest absolute Gasteiger partial charge is 0.397 e. The smallest absolute Gasteiger partial charge is 0.255 e. The van der Waals surface area contributed by atoms with Crippen LogP contribution < -0.4 is 16.4 Å². The Morgan fingerprint density at radius 2 is 1.88 bits per heavy atom. The van der Waals surface area contributed by atoms with Crippen molar-refractivity contribution in [2.24, 2.45) is 4.99 Å². The summed E-state index contributed by atoms with van der Waals surface area (Å²) in [6.45, 7) is 2.12. The van der Waals surface area contributed by atoms with E-state index in [2.05, 4.69) is 33.6 Å². The van der Waals surface area contributed by atoms with Gasteiger partial charge in [-0.2, -0.15) is 0 Å². The number of amidine groups is 1. The molecule has 5 rings (SSSR count). The molecule has 0 saturated heterocycles. The zero-order valence-electron chi connectivity index (χ0n) is 18.1. The highest BCUT2D eigenvalue weighted by molar-refractivity contribution is 6.05. The van der Waals surface area contributed by atoms with E-state index in [1.165, 1.54) is 0 Å². The van der Waals surface area contributed by atoms with E-state index < -0.39 is 0 Å². The molecule has 7 heteroatoms. The zero-order chi connectivity index (χ0) is 22.8. The van der Waals surface area contributed by atoms with Crippen molar-refractivity contribution in [1.82, 2.24) is 9.88 Å². The SMILES string of the molecule is CC1N=C2C=CC=CN2C1c1ccnc(Nc2ccc(C(=O)Nc3ccccc3N)cc2)c1. The number of nitrogens with one attached hydrogen (secondary N) is 2. The minimum Gasteiger partial charge on any atom is -0.397 e. The fraction of sp³-hybridized carbons (Fsp3) is 0.115. The van der Waals surface area contributed by atoms with Crippen LogP contribution in [0.15, 0.2) is 96.3 Å². The number of hydrogen-bond donors (Lipinski definition) is 3. The van der Waals surface area contributed by atoms with Crippen LogP contribution in [0, 0.1) is 0 Å². The van der Waals surface area contributed by atoms with E-state index in [1.807, 2.05) is 54.6 Å². The number of anilines is 4. The van der Waals surface area contributed by atoms with Gasteiger partial charge in [0, 0.05) is 23.6 Å². The fourth-order valence-electron chi connectivity index (χ4n) is 4.10. The summed E-state index contributed by atoms with van der Waals surface area (Å²) in [6.07, 6.45) is 9.92. The predicted molar refractivity (Wildman–Crippen MR) is 133 cm³/mol. The second-order valence-corrected chi connectivity index (χ2v) is 8.00. The lowest BCUT2D eigenvalue weighted by Crippen LogP contribution is -2.28. The van der Waals surface area contributed by atoms with Crippen molar-refractivity contribution in [2.75, 3.05) is 16.4 Å². The van der Waals surface area contributed by atoms with Crippen molar-refractivity contribution in [2.45, 2.75) is 19.0 Å². The second-order valence-electron chi connectivity index (χ2n) is 8.00. The predicted octanol–water partition coefficient (Wildman–Crippen LogP) is 4.89. The molecule has 4 N–H and O–H groups in total. The molecule has 2 atom stereocenters. The lowest BCUT2D eigenvalue weighted by Gasteiger charge is -2.27. The van der Waals surface area contributed by atoms with Gasteiger partial charge in [-0.25, -0.2) is 4.98 Å². The summed E-state index contributed by atoms with van der Waals surface area (Å²) in [5.74, 6) is 1.50. The third-order valence-corrected chi connectivity index (χ3v) is 5.71. The Kier molecular flexibility index (Phi) is 5.36. The van der Waals surface area contributed by atoms with Crippen molar-refractivity contribution in [3.63, 3.8) is 0 Å². The Bertz CT molecular complexity index is 1280. The summed E-state index contributed by atoms with van der Waals surface area (Å²) in [6, 6.07) is 18.8. The summed E-state index contributed by atoms with van der Waals surface area (Å²) < 4.78 is 0. The van der Waals surface area contributed by atoms with Crippen LogP contribution in [-0.2, 0) is 0 Å². The van der Waals surface area contributed by atoms with Gasteiger partial charge in [-0.1, -0.05) is 18.2 Å². The molecule has 0 fully saturated rings. The molecule has 7 nitrogen and oxygen atoms in total. The number of nitrogens with two attached hydrogens (primary N) is 1. The highest BCUT2D eigenvalue weighted by Crippen LogP contribution is 2.34. The number of fused-ring (bicyclic) bond motifs is 1. The Morgan fingerprint density at radius 1 is 1.06 bits per heavy atom. The topological polar surface area (TPSA) is 95.6 Å². The van der Waals surface area contributed by atoms with E-state index in [0.29, 0.717) is 16.9 Å². The van der Waals surface area contributed by atoms with Gasteiger partial charge in [-0.05, 0) is 73.2 Å². The molecule has 0 bridgehead atoms. The molecule has 2 aromatic carbocycles. The van der Waals surface area contributed by atoms with Crippen molar-refractivity contribution >= 4 is 34.6 Å². The number of pyridine rings is 1. The first-order valence-corrected chi connectivity index (χ1v) is 10.8. The number of nitrogens with zero attached hydrogens (tertiary/aromatic N) is 3. The number of benzene rings is 2. The van der Waals surface area contributed by atoms with E-state index in [0.717, 1.165) is 22.9 Å². The lowest BCUT2D eigenvalue weighted by atomic mass is 10.0. The summed E-state index contributed by atoms with van der Waals surface area (Å²) in [4.78, 5) is 24.0. The van der Waals surface area contributed by atoms with Crippen molar-refractivity contribution in [1.29, 1.82) is 0 Å². The molecule has 164 valence electrons. The number of para-hydroxylation sites is 2. The molecule has 0 saturated carbocycles. The average Bonchev–Trinajstić information content (AvgIpc) is 3.17. The highest BCUT2D eigenvalue weighted by atomic mass is 16.1. The van der Waals surface area contributed by atoms with Crippen molar-refractivity contribution < 1.29 is 4.79 Å². The molecule has 0 aliphatic carbocycles. The van der Waals surface area contributed by atoms with Crippen LogP contribution in [-0.4, -0.2) is 27.7 Å². The molecule has 2 aliphatic rings. The first kappa shape index (κ1) is 20.5. The van der Waals surface area contributed by atoms with Crippen LogP contribution >= 0.6 is 0 Å². The molecular formula is C26H24N6O. The Hall–Kier alpha value is -4.39. The standard InChI is InChI=1S/C26H24N6O/c1-17-25(32-15-5-4-8-24(32)29-17)19-13-14-28-23(16-19)30-20-11-9-18(10-12-20)26(33)31-22-7-3-2-6-21(22)27/h2-17,25H,27H2,1H3,(H,28,30)(H,31,33). The number of allylic oxidation sites excluding steroid dienone is 2. The van der Waals surface area contributed by atoms with Gasteiger partial charge in [-0.15, -0.1) is 0 Å². The van der Waals surface area contributed by atoms with E-state index in [9.17, 15) is 4.79 Å². The number of nitrogen functional groups attached to an aromatic ring is 1. The number of aliphatic imine (C=N–C) groups is 1. The second kappa shape index (κ2) is 8.63. The van der Waals surface area contributed by atoms with Crippen LogP contribution in [0.25, 0.3) is 0 Å². The molecule has 0 spiro atoms. The number of carbonyl (C=O) groups is 1. The van der Waals surface area contributed by atoms with Crippen molar-refractivity contribution in [3.05, 3.63) is 102 Å². The van der Waals surface area contributed by atoms with Crippen LogP contribution in [0.1, 0.15) is 28.9 Å². The van der Waals surface area contributed by atoms with E-state index in [4.69, 9.17) is 10.7 Å². The highest BCUT2D eigenvalue weighted by Gasteiger charge is 2.33. The summed E-state index contributed by atoms with van der Waals surface area (Å²) >= 11 is 0. The Labute approximate surface area is 192 Å². The molecule has 1 amide bonds. The maximum absolute atomic E-state index is 12.5. The molecule has 33 heavy (non-hydrogen) atoms. The van der Waals surface area contributed by atoms with Gasteiger partial charge in [0.1, 0.15) is 11.7 Å². The van der Waals surface area contributed by atoms with Gasteiger partial charge in [0.05, 0.1) is 23.5 Å². The van der Waals surface area contributed by atoms with E-state index >= 15 is 0 Å². The van der Waals surface area contributed by atoms with Crippen LogP contribution in [0.4, 0.5) is 22.9 Å². The minimum atomic E-state index is -0.214. The number of hydrogen-bond acceptors (Lipinski definition) is 6. The molecule has 2 unspecified atom stereocenters. The Balaban J connectivity index is 1.28. The van der Waals surface area contributed by atoms with Gasteiger partial charge >= 0.3 is 0 Å². The van der Waals surface area contributed by atoms with E-state index in [1.54, 1.807) is 30.5 Å². The summed E-state index contributed by atoms with van der Waals surface area (Å²) in [7, 11) is 0. The van der Waals surface area contributed by atoms with Gasteiger partial charge in [0.25, 0.3) is 5.91 Å². The molecule has 2 aliphatic heterocycles. The first-order chi connectivity index (χ1) is 16.1. The summed E-state index contributed by atoms with van der Waals surface area (Å²) in [5.41, 5.74) is 9.55. The Morgan fingerprint density at radius 3 is 2.70 bits per heavy atom. The summed E-state index contributed by atoms with van der Waals surface area (Å²) in [5, 5.41) is 6.17. The van der Waals surface area contributed by atoms with Gasteiger partial charge in [0.2, 0.25) is 0 Å². The van der Waals surface area contributed by atoms with E-state index in [-0.39, 0.29) is 18.0 Å². The average molecular weight is 437 g/mol. The van der Waals surface area contributed by atoms with Gasteiger partial charge in [-0.3, -0.25) is 9.79 Å². The van der Waals surface area contributed by atoms with Gasteiger partial charge in [0.15, 0.2) is 0 Å². The number of aromatic nitrogens is 1. The molecule has 1 aromatic heterocycles. The third kappa shape index (κ3) is 4.21. The monoisotopic (exact) mass is 436 g/mol. The lowest BCUT2D eigenvalue weighted by molar-refractivity contribution is 0.102. The number of rotatable bonds is 5. The molecule has 3 heterocycles. The van der Waals surface area contributed by atoms with Crippen LogP contribution in [0.3, 0.4) is 0 Å². The molecule has 3 aromatic rings. The van der Waals surface area contributed by atoms with Crippen LogP contribution in [0.5, 0.6) is 0 Å². The van der Waals surface area contributed by atoms with Gasteiger partial charge < -0.3 is 21.3 Å². The minimum absolute atomic E-state index is 0.126. The molecule has 0 radical (unpaired) electrons. The third-order valence-electron chi connectivity index (χ3n) is 5.71. The first-order valence-electron chi connectivity index (χ1n) is 10.8. The maximum Gasteiger partial charge on any atom is 0.255 e.